The fraction of sp³-hybridized carbons (Fsp3) is 0.231. The highest BCUT2D eigenvalue weighted by Gasteiger charge is 2.32. The molecule has 1 heterocycles. The number of hydrogen-bond acceptors (Lipinski definition) is 3. The molecule has 22 heavy (non-hydrogen) atoms. The summed E-state index contributed by atoms with van der Waals surface area (Å²) in [5.41, 5.74) is -0.0862. The van der Waals surface area contributed by atoms with E-state index < -0.39 is 11.7 Å². The zero-order valence-corrected chi connectivity index (χ0v) is 13.6. The van der Waals surface area contributed by atoms with Crippen LogP contribution >= 0.6 is 35.0 Å². The lowest BCUT2D eigenvalue weighted by Crippen LogP contribution is -2.08. The summed E-state index contributed by atoms with van der Waals surface area (Å²) in [6.45, 7) is 1.68. The summed E-state index contributed by atoms with van der Waals surface area (Å²) in [6.07, 6.45) is -2.78. The van der Waals surface area contributed by atoms with Crippen molar-refractivity contribution in [3.8, 4) is 11.8 Å². The first-order valence-electron chi connectivity index (χ1n) is 5.81. The van der Waals surface area contributed by atoms with Gasteiger partial charge in [0.15, 0.2) is 5.69 Å². The van der Waals surface area contributed by atoms with Gasteiger partial charge in [-0.2, -0.15) is 23.5 Å². The van der Waals surface area contributed by atoms with Crippen molar-refractivity contribution in [1.29, 1.82) is 5.26 Å². The van der Waals surface area contributed by atoms with Crippen LogP contribution in [0.3, 0.4) is 0 Å². The second kappa shape index (κ2) is 6.03. The number of nitrogens with zero attached hydrogens (tertiary/aromatic N) is 3. The average molecular weight is 366 g/mol. The zero-order chi connectivity index (χ0) is 16.7. The molecule has 2 rings (SSSR count). The van der Waals surface area contributed by atoms with Gasteiger partial charge in [0.25, 0.3) is 0 Å². The van der Waals surface area contributed by atoms with E-state index in [2.05, 4.69) is 5.10 Å². The summed E-state index contributed by atoms with van der Waals surface area (Å²) in [5.74, 6) is 0. The molecule has 1 aromatic carbocycles. The van der Waals surface area contributed by atoms with Gasteiger partial charge in [-0.05, 0) is 25.3 Å². The highest BCUT2D eigenvalue weighted by molar-refractivity contribution is 7.98. The highest BCUT2D eigenvalue weighted by Crippen LogP contribution is 2.38. The number of nitriles is 1. The van der Waals surface area contributed by atoms with E-state index in [-0.39, 0.29) is 21.4 Å². The minimum Gasteiger partial charge on any atom is -0.233 e. The van der Waals surface area contributed by atoms with Gasteiger partial charge in [0.2, 0.25) is 0 Å². The van der Waals surface area contributed by atoms with Crippen LogP contribution < -0.4 is 0 Å². The lowest BCUT2D eigenvalue weighted by Gasteiger charge is -2.13. The largest absolute Gasteiger partial charge is 0.416 e. The normalized spacial score (nSPS) is 11.5. The molecular formula is C13H8Cl2F3N3S. The van der Waals surface area contributed by atoms with Crippen molar-refractivity contribution in [1.82, 2.24) is 9.78 Å². The molecule has 0 N–H and O–H groups in total. The molecule has 116 valence electrons. The van der Waals surface area contributed by atoms with Crippen molar-refractivity contribution in [2.24, 2.45) is 0 Å². The smallest absolute Gasteiger partial charge is 0.233 e. The van der Waals surface area contributed by atoms with E-state index in [0.717, 1.165) is 12.1 Å². The molecular weight excluding hydrogens is 358 g/mol. The topological polar surface area (TPSA) is 41.6 Å². The third kappa shape index (κ3) is 2.91. The lowest BCUT2D eigenvalue weighted by atomic mass is 10.2. The summed E-state index contributed by atoms with van der Waals surface area (Å²) in [5, 5.41) is 12.8. The molecule has 0 saturated carbocycles. The average Bonchev–Trinajstić information content (AvgIpc) is 2.73. The van der Waals surface area contributed by atoms with E-state index in [1.807, 2.05) is 6.07 Å². The van der Waals surface area contributed by atoms with Gasteiger partial charge in [-0.25, -0.2) is 4.68 Å². The summed E-state index contributed by atoms with van der Waals surface area (Å²) < 4.78 is 39.5. The molecule has 1 aromatic heterocycles. The molecule has 0 unspecified atom stereocenters. The van der Waals surface area contributed by atoms with Gasteiger partial charge in [-0.1, -0.05) is 23.2 Å². The molecule has 0 atom stereocenters. The first-order chi connectivity index (χ1) is 10.2. The van der Waals surface area contributed by atoms with E-state index in [9.17, 15) is 13.2 Å². The van der Waals surface area contributed by atoms with Crippen LogP contribution in [0.2, 0.25) is 10.0 Å². The number of aromatic nitrogens is 2. The van der Waals surface area contributed by atoms with Crippen LogP contribution in [0.5, 0.6) is 0 Å². The van der Waals surface area contributed by atoms with Crippen LogP contribution in [0.15, 0.2) is 17.0 Å². The van der Waals surface area contributed by atoms with Crippen LogP contribution in [-0.4, -0.2) is 16.0 Å². The molecule has 0 amide bonds. The Morgan fingerprint density at radius 1 is 1.27 bits per heavy atom. The van der Waals surface area contributed by atoms with Crippen molar-refractivity contribution < 1.29 is 13.2 Å². The third-order valence-corrected chi connectivity index (χ3v) is 4.40. The lowest BCUT2D eigenvalue weighted by molar-refractivity contribution is -0.137. The van der Waals surface area contributed by atoms with Gasteiger partial charge in [-0.3, -0.25) is 0 Å². The van der Waals surface area contributed by atoms with Gasteiger partial charge in [-0.15, -0.1) is 11.8 Å². The Balaban J connectivity index is 2.70. The van der Waals surface area contributed by atoms with Gasteiger partial charge in [0, 0.05) is 0 Å². The van der Waals surface area contributed by atoms with Gasteiger partial charge in [0.05, 0.1) is 26.2 Å². The van der Waals surface area contributed by atoms with Gasteiger partial charge < -0.3 is 0 Å². The monoisotopic (exact) mass is 365 g/mol. The molecule has 2 aromatic rings. The molecule has 0 aliphatic rings. The Morgan fingerprint density at radius 2 is 1.82 bits per heavy atom. The van der Waals surface area contributed by atoms with Gasteiger partial charge >= 0.3 is 6.18 Å². The maximum Gasteiger partial charge on any atom is 0.416 e. The van der Waals surface area contributed by atoms with Crippen LogP contribution in [0.1, 0.15) is 17.0 Å². The van der Waals surface area contributed by atoms with Crippen molar-refractivity contribution in [2.45, 2.75) is 18.0 Å². The number of hydrogen-bond donors (Lipinski definition) is 0. The van der Waals surface area contributed by atoms with Crippen LogP contribution in [0, 0.1) is 18.3 Å². The molecule has 0 saturated heterocycles. The van der Waals surface area contributed by atoms with E-state index in [0.29, 0.717) is 10.6 Å². The van der Waals surface area contributed by atoms with E-state index in [4.69, 9.17) is 28.5 Å². The summed E-state index contributed by atoms with van der Waals surface area (Å²) in [4.78, 5) is 0.620. The number of thioether (sulfide) groups is 1. The Labute approximate surface area is 138 Å². The Kier molecular flexibility index (Phi) is 4.66. The maximum atomic E-state index is 12.8. The molecule has 0 spiro atoms. The van der Waals surface area contributed by atoms with Crippen molar-refractivity contribution in [3.05, 3.63) is 39.1 Å². The maximum absolute atomic E-state index is 12.8. The Hall–Kier alpha value is -1.36. The van der Waals surface area contributed by atoms with Crippen molar-refractivity contribution >= 4 is 35.0 Å². The zero-order valence-electron chi connectivity index (χ0n) is 11.3. The Bertz CT molecular complexity index is 755. The van der Waals surface area contributed by atoms with Gasteiger partial charge in [0.1, 0.15) is 11.8 Å². The first-order valence-corrected chi connectivity index (χ1v) is 7.79. The van der Waals surface area contributed by atoms with E-state index in [1.165, 1.54) is 16.4 Å². The Morgan fingerprint density at radius 3 is 2.18 bits per heavy atom. The fourth-order valence-electron chi connectivity index (χ4n) is 1.95. The van der Waals surface area contributed by atoms with Crippen molar-refractivity contribution in [3.63, 3.8) is 0 Å². The molecule has 0 fully saturated rings. The highest BCUT2D eigenvalue weighted by atomic mass is 35.5. The molecule has 9 heteroatoms. The number of halogens is 5. The quantitative estimate of drug-likeness (QED) is 0.695. The molecule has 3 nitrogen and oxygen atoms in total. The molecule has 0 bridgehead atoms. The minimum absolute atomic E-state index is 0.116. The van der Waals surface area contributed by atoms with Crippen LogP contribution in [0.4, 0.5) is 13.2 Å². The second-order valence-electron chi connectivity index (χ2n) is 4.28. The number of alkyl halides is 3. The number of rotatable bonds is 2. The second-order valence-corrected chi connectivity index (χ2v) is 5.91. The third-order valence-electron chi connectivity index (χ3n) is 2.93. The first kappa shape index (κ1) is 17.0. The van der Waals surface area contributed by atoms with Crippen LogP contribution in [-0.2, 0) is 6.18 Å². The molecule has 0 radical (unpaired) electrons. The van der Waals surface area contributed by atoms with E-state index >= 15 is 0 Å². The number of benzene rings is 1. The fourth-order valence-corrected chi connectivity index (χ4v) is 3.26. The van der Waals surface area contributed by atoms with Crippen LogP contribution in [0.25, 0.3) is 5.69 Å². The summed E-state index contributed by atoms with van der Waals surface area (Å²) in [6, 6.07) is 3.51. The van der Waals surface area contributed by atoms with Crippen molar-refractivity contribution in [2.75, 3.05) is 6.26 Å². The minimum atomic E-state index is -4.55. The van der Waals surface area contributed by atoms with E-state index in [1.54, 1.807) is 13.2 Å². The SMILES string of the molecule is CSc1c(C#N)nn(-c2c(Cl)cc(C(F)(F)F)cc2Cl)c1C. The summed E-state index contributed by atoms with van der Waals surface area (Å²) >= 11 is 13.2. The molecule has 0 aliphatic heterocycles. The predicted molar refractivity (Wildman–Crippen MR) is 79.8 cm³/mol. The standard InChI is InChI=1S/C13H8Cl2F3N3S/c1-6-12(22-2)10(5-19)20-21(6)11-8(14)3-7(4-9(11)15)13(16,17)18/h3-4H,1-2H3. The summed E-state index contributed by atoms with van der Waals surface area (Å²) in [7, 11) is 0. The predicted octanol–water partition coefficient (Wildman–Crippen LogP) is 5.10. The molecule has 0 aliphatic carbocycles.